The normalized spacial score (nSPS) is 19.3. The summed E-state index contributed by atoms with van der Waals surface area (Å²) in [4.78, 5) is 28.9. The molecule has 6 heteroatoms. The molecule has 1 aliphatic carbocycles. The van der Waals surface area contributed by atoms with Gasteiger partial charge in [-0.2, -0.15) is 0 Å². The van der Waals surface area contributed by atoms with Crippen molar-refractivity contribution in [3.05, 3.63) is 35.6 Å². The van der Waals surface area contributed by atoms with E-state index in [0.29, 0.717) is 6.04 Å². The van der Waals surface area contributed by atoms with Gasteiger partial charge in [-0.1, -0.05) is 25.0 Å². The van der Waals surface area contributed by atoms with E-state index in [2.05, 4.69) is 10.2 Å². The number of halogens is 1. The second-order valence-corrected chi connectivity index (χ2v) is 7.19. The monoisotopic (exact) mass is 361 g/mol. The van der Waals surface area contributed by atoms with Crippen LogP contribution in [0.15, 0.2) is 24.3 Å². The fourth-order valence-electron chi connectivity index (χ4n) is 4.00. The molecule has 5 nitrogen and oxygen atoms in total. The van der Waals surface area contributed by atoms with Crippen LogP contribution in [0.4, 0.5) is 4.39 Å². The minimum absolute atomic E-state index is 0.0157. The molecular formula is C20H28FN3O2. The molecule has 2 aliphatic rings. The SMILES string of the molecule is O=C(NCCC(=O)N1CCCN(C2CCCC2)CC1)c1ccccc1F. The van der Waals surface area contributed by atoms with Gasteiger partial charge in [-0.25, -0.2) is 4.39 Å². The Bertz CT molecular complexity index is 631. The molecule has 2 fully saturated rings. The predicted octanol–water partition coefficient (Wildman–Crippen LogP) is 2.42. The Kier molecular flexibility index (Phi) is 6.61. The van der Waals surface area contributed by atoms with Crippen LogP contribution in [0.2, 0.25) is 0 Å². The zero-order chi connectivity index (χ0) is 18.4. The van der Waals surface area contributed by atoms with Crippen LogP contribution in [0.3, 0.4) is 0 Å². The van der Waals surface area contributed by atoms with Crippen LogP contribution >= 0.6 is 0 Å². The van der Waals surface area contributed by atoms with E-state index in [4.69, 9.17) is 0 Å². The maximum absolute atomic E-state index is 13.6. The molecule has 1 saturated heterocycles. The first-order valence-corrected chi connectivity index (χ1v) is 9.69. The molecule has 1 saturated carbocycles. The largest absolute Gasteiger partial charge is 0.351 e. The van der Waals surface area contributed by atoms with E-state index < -0.39 is 11.7 Å². The van der Waals surface area contributed by atoms with E-state index in [1.54, 1.807) is 12.1 Å². The van der Waals surface area contributed by atoms with Gasteiger partial charge in [0, 0.05) is 45.2 Å². The third-order valence-electron chi connectivity index (χ3n) is 5.47. The van der Waals surface area contributed by atoms with Gasteiger partial charge in [-0.15, -0.1) is 0 Å². The zero-order valence-corrected chi connectivity index (χ0v) is 15.3. The smallest absolute Gasteiger partial charge is 0.254 e. The van der Waals surface area contributed by atoms with Crippen LogP contribution in [-0.2, 0) is 4.79 Å². The Morgan fingerprint density at radius 3 is 2.58 bits per heavy atom. The second-order valence-electron chi connectivity index (χ2n) is 7.19. The number of benzene rings is 1. The first-order chi connectivity index (χ1) is 12.6. The van der Waals surface area contributed by atoms with Gasteiger partial charge in [0.25, 0.3) is 5.91 Å². The molecule has 0 bridgehead atoms. The van der Waals surface area contributed by atoms with Gasteiger partial charge in [0.05, 0.1) is 5.56 Å². The number of nitrogens with zero attached hydrogens (tertiary/aromatic N) is 2. The Labute approximate surface area is 154 Å². The molecule has 1 aliphatic heterocycles. The number of hydrogen-bond acceptors (Lipinski definition) is 3. The van der Waals surface area contributed by atoms with Crippen LogP contribution < -0.4 is 5.32 Å². The van der Waals surface area contributed by atoms with Crippen molar-refractivity contribution in [2.24, 2.45) is 0 Å². The molecule has 26 heavy (non-hydrogen) atoms. The third kappa shape index (κ3) is 4.81. The highest BCUT2D eigenvalue weighted by Gasteiger charge is 2.26. The highest BCUT2D eigenvalue weighted by Crippen LogP contribution is 2.24. The molecule has 1 N–H and O–H groups in total. The molecule has 2 amide bonds. The van der Waals surface area contributed by atoms with Crippen LogP contribution in [0.25, 0.3) is 0 Å². The standard InChI is InChI=1S/C20H28FN3O2/c21-18-9-4-3-8-17(18)20(26)22-11-10-19(25)24-13-5-12-23(14-15-24)16-6-1-2-7-16/h3-4,8-9,16H,1-2,5-7,10-15H2,(H,22,26). The van der Waals surface area contributed by atoms with Crippen molar-refractivity contribution in [1.82, 2.24) is 15.1 Å². The fourth-order valence-corrected chi connectivity index (χ4v) is 4.00. The first kappa shape index (κ1) is 18.8. The van der Waals surface area contributed by atoms with E-state index in [-0.39, 0.29) is 24.4 Å². The molecule has 0 aromatic heterocycles. The van der Waals surface area contributed by atoms with Crippen LogP contribution in [0, 0.1) is 5.82 Å². The number of carbonyl (C=O) groups is 2. The average Bonchev–Trinajstić information content (AvgIpc) is 3.06. The number of rotatable bonds is 5. The summed E-state index contributed by atoms with van der Waals surface area (Å²) in [7, 11) is 0. The number of amides is 2. The molecule has 0 atom stereocenters. The van der Waals surface area contributed by atoms with Crippen molar-refractivity contribution in [3.8, 4) is 0 Å². The number of hydrogen-bond donors (Lipinski definition) is 1. The molecule has 0 spiro atoms. The van der Waals surface area contributed by atoms with Crippen LogP contribution in [-0.4, -0.2) is 60.4 Å². The highest BCUT2D eigenvalue weighted by molar-refractivity contribution is 5.94. The summed E-state index contributed by atoms with van der Waals surface area (Å²) < 4.78 is 13.6. The van der Waals surface area contributed by atoms with Gasteiger partial charge in [0.1, 0.15) is 5.82 Å². The number of carbonyl (C=O) groups excluding carboxylic acids is 2. The van der Waals surface area contributed by atoms with Crippen molar-refractivity contribution in [2.45, 2.75) is 44.6 Å². The molecule has 0 radical (unpaired) electrons. The summed E-state index contributed by atoms with van der Waals surface area (Å²) in [6, 6.07) is 6.57. The van der Waals surface area contributed by atoms with Gasteiger partial charge >= 0.3 is 0 Å². The van der Waals surface area contributed by atoms with Crippen molar-refractivity contribution in [1.29, 1.82) is 0 Å². The summed E-state index contributed by atoms with van der Waals surface area (Å²) in [5.41, 5.74) is 0.0157. The molecule has 1 aromatic carbocycles. The Morgan fingerprint density at radius 2 is 1.81 bits per heavy atom. The molecule has 142 valence electrons. The lowest BCUT2D eigenvalue weighted by molar-refractivity contribution is -0.130. The summed E-state index contributed by atoms with van der Waals surface area (Å²) >= 11 is 0. The zero-order valence-electron chi connectivity index (χ0n) is 15.3. The fraction of sp³-hybridized carbons (Fsp3) is 0.600. The van der Waals surface area contributed by atoms with E-state index in [0.717, 1.165) is 32.6 Å². The highest BCUT2D eigenvalue weighted by atomic mass is 19.1. The Hall–Kier alpha value is -1.95. The Morgan fingerprint density at radius 1 is 1.04 bits per heavy atom. The van der Waals surface area contributed by atoms with Gasteiger partial charge < -0.3 is 10.2 Å². The molecule has 3 rings (SSSR count). The number of nitrogens with one attached hydrogen (secondary N) is 1. The van der Waals surface area contributed by atoms with E-state index in [1.807, 2.05) is 4.90 Å². The van der Waals surface area contributed by atoms with Crippen molar-refractivity contribution >= 4 is 11.8 Å². The molecule has 1 heterocycles. The molecule has 0 unspecified atom stereocenters. The summed E-state index contributed by atoms with van der Waals surface area (Å²) in [5, 5.41) is 2.64. The Balaban J connectivity index is 1.42. The second kappa shape index (κ2) is 9.12. The average molecular weight is 361 g/mol. The van der Waals surface area contributed by atoms with Gasteiger partial charge in [-0.05, 0) is 31.4 Å². The lowest BCUT2D eigenvalue weighted by atomic mass is 10.2. The lowest BCUT2D eigenvalue weighted by Gasteiger charge is -2.27. The lowest BCUT2D eigenvalue weighted by Crippen LogP contribution is -2.39. The maximum atomic E-state index is 13.6. The minimum atomic E-state index is -0.546. The predicted molar refractivity (Wildman–Crippen MR) is 98.4 cm³/mol. The topological polar surface area (TPSA) is 52.7 Å². The summed E-state index contributed by atoms with van der Waals surface area (Å²) in [6.07, 6.45) is 6.48. The summed E-state index contributed by atoms with van der Waals surface area (Å²) in [6.45, 7) is 3.78. The van der Waals surface area contributed by atoms with E-state index in [9.17, 15) is 14.0 Å². The van der Waals surface area contributed by atoms with E-state index >= 15 is 0 Å². The van der Waals surface area contributed by atoms with Crippen LogP contribution in [0.1, 0.15) is 48.9 Å². The molecule has 1 aromatic rings. The van der Waals surface area contributed by atoms with Gasteiger partial charge in [0.2, 0.25) is 5.91 Å². The van der Waals surface area contributed by atoms with E-state index in [1.165, 1.54) is 37.8 Å². The minimum Gasteiger partial charge on any atom is -0.351 e. The quantitative estimate of drug-likeness (QED) is 0.876. The van der Waals surface area contributed by atoms with Crippen LogP contribution in [0.5, 0.6) is 0 Å². The van der Waals surface area contributed by atoms with Crippen molar-refractivity contribution in [3.63, 3.8) is 0 Å². The van der Waals surface area contributed by atoms with Gasteiger partial charge in [0.15, 0.2) is 0 Å². The van der Waals surface area contributed by atoms with Gasteiger partial charge in [-0.3, -0.25) is 14.5 Å². The maximum Gasteiger partial charge on any atom is 0.254 e. The first-order valence-electron chi connectivity index (χ1n) is 9.69. The van der Waals surface area contributed by atoms with Crippen molar-refractivity contribution < 1.29 is 14.0 Å². The third-order valence-corrected chi connectivity index (χ3v) is 5.47. The van der Waals surface area contributed by atoms with Crippen molar-refractivity contribution in [2.75, 3.05) is 32.7 Å². The molecular weight excluding hydrogens is 333 g/mol. The summed E-state index contributed by atoms with van der Waals surface area (Å²) in [5.74, 6) is -0.956.